The van der Waals surface area contributed by atoms with Gasteiger partial charge in [0, 0.05) is 24.5 Å². The minimum absolute atomic E-state index is 0.0365. The molecule has 0 unspecified atom stereocenters. The van der Waals surface area contributed by atoms with Crippen LogP contribution in [0.3, 0.4) is 0 Å². The first-order valence-corrected chi connectivity index (χ1v) is 5.35. The summed E-state index contributed by atoms with van der Waals surface area (Å²) in [6.07, 6.45) is 5.20. The van der Waals surface area contributed by atoms with Crippen molar-refractivity contribution in [3.63, 3.8) is 0 Å². The number of amides is 1. The molecule has 1 saturated carbocycles. The highest BCUT2D eigenvalue weighted by molar-refractivity contribution is 5.80. The monoisotopic (exact) mass is 221 g/mol. The van der Waals surface area contributed by atoms with Gasteiger partial charge in [-0.25, -0.2) is 0 Å². The molecule has 0 aromatic carbocycles. The normalized spacial score (nSPS) is 16.8. The van der Waals surface area contributed by atoms with Crippen molar-refractivity contribution in [3.8, 4) is 0 Å². The summed E-state index contributed by atoms with van der Waals surface area (Å²) in [5.41, 5.74) is 5.45. The number of nitrogens with zero attached hydrogens (tertiary/aromatic N) is 1. The third-order valence-electron chi connectivity index (χ3n) is 2.72. The van der Waals surface area contributed by atoms with Crippen LogP contribution in [0.15, 0.2) is 23.3 Å². The standard InChI is InChI=1S/C11H15N3O2/c1-7(11(16)13-8-2-3-8)14-5-4-10(15)9(12)6-14/h4-8H,2-3,12H2,1H3,(H,13,16)/t7-/m0/s1. The topological polar surface area (TPSA) is 77.1 Å². The molecule has 2 rings (SSSR count). The Morgan fingerprint density at radius 1 is 1.62 bits per heavy atom. The van der Waals surface area contributed by atoms with Crippen molar-refractivity contribution < 1.29 is 4.79 Å². The molecule has 5 nitrogen and oxygen atoms in total. The lowest BCUT2D eigenvalue weighted by atomic mass is 10.3. The summed E-state index contributed by atoms with van der Waals surface area (Å²) >= 11 is 0. The second-order valence-corrected chi connectivity index (χ2v) is 4.17. The SMILES string of the molecule is C[C@@H](C(=O)NC1CC1)n1ccc(=O)c(N)c1. The molecular formula is C11H15N3O2. The summed E-state index contributed by atoms with van der Waals surface area (Å²) in [7, 11) is 0. The molecule has 1 aliphatic rings. The van der Waals surface area contributed by atoms with Gasteiger partial charge in [0.2, 0.25) is 11.3 Å². The van der Waals surface area contributed by atoms with E-state index in [4.69, 9.17) is 5.73 Å². The van der Waals surface area contributed by atoms with E-state index in [2.05, 4.69) is 5.32 Å². The number of aromatic nitrogens is 1. The van der Waals surface area contributed by atoms with Crippen LogP contribution in [0.25, 0.3) is 0 Å². The van der Waals surface area contributed by atoms with Crippen molar-refractivity contribution in [1.82, 2.24) is 9.88 Å². The lowest BCUT2D eigenvalue weighted by Crippen LogP contribution is -2.32. The molecule has 5 heteroatoms. The fourth-order valence-corrected chi connectivity index (χ4v) is 1.44. The Hall–Kier alpha value is -1.78. The van der Waals surface area contributed by atoms with E-state index in [1.54, 1.807) is 17.7 Å². The molecule has 1 aromatic rings. The third-order valence-corrected chi connectivity index (χ3v) is 2.72. The zero-order valence-electron chi connectivity index (χ0n) is 9.14. The zero-order chi connectivity index (χ0) is 11.7. The third kappa shape index (κ3) is 2.24. The first kappa shape index (κ1) is 10.7. The molecule has 1 fully saturated rings. The molecule has 1 heterocycles. The lowest BCUT2D eigenvalue weighted by molar-refractivity contribution is -0.124. The molecular weight excluding hydrogens is 206 g/mol. The molecule has 0 spiro atoms. The number of hydrogen-bond acceptors (Lipinski definition) is 3. The molecule has 1 amide bonds. The fraction of sp³-hybridized carbons (Fsp3) is 0.455. The average Bonchev–Trinajstić information content (AvgIpc) is 3.05. The van der Waals surface area contributed by atoms with Gasteiger partial charge in [-0.15, -0.1) is 0 Å². The zero-order valence-corrected chi connectivity index (χ0v) is 9.14. The average molecular weight is 221 g/mol. The minimum atomic E-state index is -0.344. The maximum Gasteiger partial charge on any atom is 0.242 e. The van der Waals surface area contributed by atoms with Crippen molar-refractivity contribution in [2.75, 3.05) is 5.73 Å². The van der Waals surface area contributed by atoms with E-state index < -0.39 is 0 Å². The fourth-order valence-electron chi connectivity index (χ4n) is 1.44. The van der Waals surface area contributed by atoms with Gasteiger partial charge >= 0.3 is 0 Å². The van der Waals surface area contributed by atoms with Gasteiger partial charge in [-0.3, -0.25) is 9.59 Å². The predicted octanol–water partition coefficient (Wildman–Crippen LogP) is 0.270. The predicted molar refractivity (Wildman–Crippen MR) is 61.0 cm³/mol. The molecule has 86 valence electrons. The second-order valence-electron chi connectivity index (χ2n) is 4.17. The van der Waals surface area contributed by atoms with E-state index in [1.165, 1.54) is 12.3 Å². The Labute approximate surface area is 93.3 Å². The van der Waals surface area contributed by atoms with E-state index >= 15 is 0 Å². The van der Waals surface area contributed by atoms with Crippen LogP contribution in [0.2, 0.25) is 0 Å². The van der Waals surface area contributed by atoms with Gasteiger partial charge in [0.25, 0.3) is 0 Å². The highest BCUT2D eigenvalue weighted by Crippen LogP contribution is 2.19. The van der Waals surface area contributed by atoms with E-state index in [9.17, 15) is 9.59 Å². The number of anilines is 1. The summed E-state index contributed by atoms with van der Waals surface area (Å²) in [5.74, 6) is -0.0365. The van der Waals surface area contributed by atoms with Gasteiger partial charge < -0.3 is 15.6 Å². The van der Waals surface area contributed by atoms with Crippen LogP contribution in [-0.4, -0.2) is 16.5 Å². The van der Waals surface area contributed by atoms with Crippen LogP contribution in [0.4, 0.5) is 5.69 Å². The molecule has 1 aliphatic carbocycles. The smallest absolute Gasteiger partial charge is 0.242 e. The largest absolute Gasteiger partial charge is 0.394 e. The molecule has 3 N–H and O–H groups in total. The lowest BCUT2D eigenvalue weighted by Gasteiger charge is -2.15. The minimum Gasteiger partial charge on any atom is -0.394 e. The summed E-state index contributed by atoms with van der Waals surface area (Å²) in [5, 5.41) is 2.91. The molecule has 0 radical (unpaired) electrons. The van der Waals surface area contributed by atoms with Gasteiger partial charge in [0.1, 0.15) is 6.04 Å². The van der Waals surface area contributed by atoms with E-state index in [-0.39, 0.29) is 23.1 Å². The van der Waals surface area contributed by atoms with E-state index in [0.29, 0.717) is 6.04 Å². The number of carbonyl (C=O) groups excluding carboxylic acids is 1. The van der Waals surface area contributed by atoms with E-state index in [1.807, 2.05) is 0 Å². The summed E-state index contributed by atoms with van der Waals surface area (Å²) in [6.45, 7) is 1.78. The van der Waals surface area contributed by atoms with Crippen molar-refractivity contribution in [1.29, 1.82) is 0 Å². The molecule has 0 aliphatic heterocycles. The molecule has 1 aromatic heterocycles. The number of carbonyl (C=O) groups is 1. The Morgan fingerprint density at radius 2 is 2.31 bits per heavy atom. The van der Waals surface area contributed by atoms with Crippen LogP contribution < -0.4 is 16.5 Å². The molecule has 1 atom stereocenters. The quantitative estimate of drug-likeness (QED) is 0.769. The number of rotatable bonds is 3. The first-order valence-electron chi connectivity index (χ1n) is 5.35. The Bertz CT molecular complexity index is 463. The number of hydrogen-bond donors (Lipinski definition) is 2. The molecule has 16 heavy (non-hydrogen) atoms. The van der Waals surface area contributed by atoms with Crippen LogP contribution >= 0.6 is 0 Å². The highest BCUT2D eigenvalue weighted by Gasteiger charge is 2.25. The van der Waals surface area contributed by atoms with Gasteiger partial charge in [-0.1, -0.05) is 0 Å². The summed E-state index contributed by atoms with van der Waals surface area (Å²) < 4.78 is 1.65. The van der Waals surface area contributed by atoms with Crippen molar-refractivity contribution in [3.05, 3.63) is 28.7 Å². The number of nitrogen functional groups attached to an aromatic ring is 1. The summed E-state index contributed by atoms with van der Waals surface area (Å²) in [6, 6.07) is 1.37. The van der Waals surface area contributed by atoms with Crippen molar-refractivity contribution in [2.24, 2.45) is 0 Å². The number of pyridine rings is 1. The van der Waals surface area contributed by atoms with E-state index in [0.717, 1.165) is 12.8 Å². The highest BCUT2D eigenvalue weighted by atomic mass is 16.2. The second kappa shape index (κ2) is 4.00. The van der Waals surface area contributed by atoms with Crippen LogP contribution in [0, 0.1) is 0 Å². The first-order chi connectivity index (χ1) is 7.58. The Morgan fingerprint density at radius 3 is 2.88 bits per heavy atom. The van der Waals surface area contributed by atoms with Gasteiger partial charge in [0.05, 0.1) is 5.69 Å². The van der Waals surface area contributed by atoms with Gasteiger partial charge in [0.15, 0.2) is 0 Å². The maximum atomic E-state index is 11.7. The molecule has 0 bridgehead atoms. The van der Waals surface area contributed by atoms with Crippen LogP contribution in [0.1, 0.15) is 25.8 Å². The van der Waals surface area contributed by atoms with Crippen LogP contribution in [-0.2, 0) is 4.79 Å². The number of nitrogens with two attached hydrogens (primary N) is 1. The Balaban J connectivity index is 2.12. The van der Waals surface area contributed by atoms with Gasteiger partial charge in [-0.05, 0) is 19.8 Å². The Kier molecular flexibility index (Phi) is 2.68. The van der Waals surface area contributed by atoms with Crippen LogP contribution in [0.5, 0.6) is 0 Å². The van der Waals surface area contributed by atoms with Crippen molar-refractivity contribution >= 4 is 11.6 Å². The van der Waals surface area contributed by atoms with Crippen molar-refractivity contribution in [2.45, 2.75) is 31.8 Å². The van der Waals surface area contributed by atoms with Gasteiger partial charge in [-0.2, -0.15) is 0 Å². The molecule has 0 saturated heterocycles. The number of nitrogens with one attached hydrogen (secondary N) is 1. The maximum absolute atomic E-state index is 11.7. The summed E-state index contributed by atoms with van der Waals surface area (Å²) in [4.78, 5) is 22.9.